The van der Waals surface area contributed by atoms with Gasteiger partial charge >= 0.3 is 0 Å². The van der Waals surface area contributed by atoms with Crippen molar-refractivity contribution in [3.05, 3.63) is 66.7 Å². The van der Waals surface area contributed by atoms with Gasteiger partial charge in [-0.25, -0.2) is 0 Å². The fourth-order valence-electron chi connectivity index (χ4n) is 7.78. The van der Waals surface area contributed by atoms with Crippen molar-refractivity contribution >= 4 is 51.6 Å². The number of amides is 3. The van der Waals surface area contributed by atoms with Crippen LogP contribution in [0.15, 0.2) is 66.7 Å². The van der Waals surface area contributed by atoms with Gasteiger partial charge in [-0.2, -0.15) is 0 Å². The van der Waals surface area contributed by atoms with Gasteiger partial charge in [-0.1, -0.05) is 51.1 Å². The number of nitrogens with zero attached hydrogens (tertiary/aromatic N) is 1. The third kappa shape index (κ3) is 5.13. The van der Waals surface area contributed by atoms with Crippen molar-refractivity contribution in [2.75, 3.05) is 23.8 Å². The van der Waals surface area contributed by atoms with E-state index < -0.39 is 28.7 Å². The Kier molecular flexibility index (Phi) is 8.37. The summed E-state index contributed by atoms with van der Waals surface area (Å²) in [4.78, 5) is 44.6. The molecule has 3 aliphatic heterocycles. The molecule has 3 fully saturated rings. The second-order valence-corrected chi connectivity index (χ2v) is 14.3. The monoisotopic (exact) mass is 615 g/mol. The van der Waals surface area contributed by atoms with Crippen LogP contribution in [0.3, 0.4) is 0 Å². The first-order chi connectivity index (χ1) is 21.2. The summed E-state index contributed by atoms with van der Waals surface area (Å²) in [6.45, 7) is 8.40. The van der Waals surface area contributed by atoms with Crippen LogP contribution in [0.1, 0.15) is 40.5 Å². The molecular weight excluding hydrogens is 574 g/mol. The summed E-state index contributed by atoms with van der Waals surface area (Å²) in [6, 6.07) is 19.6. The van der Waals surface area contributed by atoms with Gasteiger partial charge < -0.3 is 25.4 Å². The van der Waals surface area contributed by atoms with E-state index in [0.717, 1.165) is 22.9 Å². The zero-order chi connectivity index (χ0) is 31.2. The number of thioether (sulfide) groups is 1. The van der Waals surface area contributed by atoms with Crippen molar-refractivity contribution in [2.24, 2.45) is 23.7 Å². The van der Waals surface area contributed by atoms with E-state index in [1.807, 2.05) is 75.4 Å². The quantitative estimate of drug-likeness (QED) is 0.276. The standard InChI is InChI=1S/C35H41N3O5S/c1-5-43-27-14-12-24(13-15-27)36-32(40)29-28-17-21(4)35(44-28)30(29)34(42)38(26(19-39)16-20(2)3)31(35)33(41)37-25-11-10-22-8-6-7-9-23(22)18-25/h6-15,18,20-21,26,28-31,39H,5,16-17,19H2,1-4H3,(H,36,40)(H,37,41)/t21?,26-,28-,29+,30+,31?,35?/m1/s1. The Morgan fingerprint density at radius 1 is 1.02 bits per heavy atom. The second-order valence-electron chi connectivity index (χ2n) is 12.8. The zero-order valence-electron chi connectivity index (χ0n) is 25.7. The van der Waals surface area contributed by atoms with Crippen LogP contribution in [0.25, 0.3) is 10.8 Å². The first kappa shape index (κ1) is 30.5. The summed E-state index contributed by atoms with van der Waals surface area (Å²) in [5.41, 5.74) is 1.29. The number of fused-ring (bicyclic) bond motifs is 2. The van der Waals surface area contributed by atoms with Gasteiger partial charge in [0.1, 0.15) is 11.8 Å². The lowest BCUT2D eigenvalue weighted by atomic mass is 9.66. The highest BCUT2D eigenvalue weighted by molar-refractivity contribution is 8.02. The van der Waals surface area contributed by atoms with E-state index in [-0.39, 0.29) is 41.4 Å². The number of likely N-dealkylation sites (tertiary alicyclic amines) is 1. The molecule has 3 aromatic carbocycles. The number of anilines is 2. The number of aliphatic hydroxyl groups excluding tert-OH is 1. The largest absolute Gasteiger partial charge is 0.494 e. The van der Waals surface area contributed by atoms with E-state index in [1.165, 1.54) is 0 Å². The Morgan fingerprint density at radius 3 is 2.39 bits per heavy atom. The summed E-state index contributed by atoms with van der Waals surface area (Å²) in [5.74, 6) is -1.01. The molecule has 3 heterocycles. The third-order valence-corrected chi connectivity index (χ3v) is 11.6. The topological polar surface area (TPSA) is 108 Å². The molecule has 3 aliphatic rings. The molecule has 3 N–H and O–H groups in total. The van der Waals surface area contributed by atoms with Gasteiger partial charge in [0, 0.05) is 16.6 Å². The van der Waals surface area contributed by atoms with E-state index in [1.54, 1.807) is 28.8 Å². The maximum Gasteiger partial charge on any atom is 0.248 e. The summed E-state index contributed by atoms with van der Waals surface area (Å²) in [7, 11) is 0. The molecule has 3 saturated heterocycles. The summed E-state index contributed by atoms with van der Waals surface area (Å²) in [5, 5.41) is 18.7. The Balaban J connectivity index is 1.35. The van der Waals surface area contributed by atoms with Gasteiger partial charge in [-0.15, -0.1) is 11.8 Å². The van der Waals surface area contributed by atoms with Gasteiger partial charge in [0.25, 0.3) is 0 Å². The molecule has 232 valence electrons. The highest BCUT2D eigenvalue weighted by atomic mass is 32.2. The molecule has 3 unspecified atom stereocenters. The van der Waals surface area contributed by atoms with Crippen LogP contribution >= 0.6 is 11.8 Å². The van der Waals surface area contributed by atoms with Gasteiger partial charge in [-0.3, -0.25) is 14.4 Å². The number of carbonyl (C=O) groups is 3. The molecule has 3 amide bonds. The third-order valence-electron chi connectivity index (χ3n) is 9.53. The minimum Gasteiger partial charge on any atom is -0.494 e. The Bertz CT molecular complexity index is 1560. The number of benzene rings is 3. The van der Waals surface area contributed by atoms with E-state index in [2.05, 4.69) is 17.6 Å². The SMILES string of the molecule is CCOc1ccc(NC(=O)[C@@H]2[C@H]3C(=O)N([C@@H](CO)CC(C)C)C(C(=O)Nc4ccc5ccccc5c4)C34S[C@@H]2CC4C)cc1. The maximum atomic E-state index is 14.5. The lowest BCUT2D eigenvalue weighted by Crippen LogP contribution is -2.57. The number of carbonyl (C=O) groups excluding carboxylic acids is 3. The van der Waals surface area contributed by atoms with Crippen molar-refractivity contribution < 1.29 is 24.2 Å². The molecule has 8 nitrogen and oxygen atoms in total. The van der Waals surface area contributed by atoms with Crippen molar-refractivity contribution in [1.29, 1.82) is 0 Å². The molecule has 0 radical (unpaired) electrons. The Labute approximate surface area is 262 Å². The summed E-state index contributed by atoms with van der Waals surface area (Å²) >= 11 is 1.63. The highest BCUT2D eigenvalue weighted by Crippen LogP contribution is 2.69. The van der Waals surface area contributed by atoms with Crippen LogP contribution < -0.4 is 15.4 Å². The van der Waals surface area contributed by atoms with Crippen molar-refractivity contribution in [3.63, 3.8) is 0 Å². The Hall–Kier alpha value is -3.56. The molecule has 0 aromatic heterocycles. The van der Waals surface area contributed by atoms with Gasteiger partial charge in [0.05, 0.1) is 35.8 Å². The number of ether oxygens (including phenoxy) is 1. The summed E-state index contributed by atoms with van der Waals surface area (Å²) < 4.78 is 4.75. The van der Waals surface area contributed by atoms with Crippen LogP contribution in [-0.2, 0) is 14.4 Å². The highest BCUT2D eigenvalue weighted by Gasteiger charge is 2.76. The lowest BCUT2D eigenvalue weighted by Gasteiger charge is -2.40. The molecule has 1 spiro atoms. The van der Waals surface area contributed by atoms with E-state index >= 15 is 0 Å². The van der Waals surface area contributed by atoms with Gasteiger partial charge in [0.15, 0.2) is 0 Å². The fourth-order valence-corrected chi connectivity index (χ4v) is 10.2. The average Bonchev–Trinajstić information content (AvgIpc) is 3.60. The minimum absolute atomic E-state index is 0.0247. The second kappa shape index (κ2) is 12.1. The van der Waals surface area contributed by atoms with Crippen LogP contribution in [0.5, 0.6) is 5.75 Å². The molecule has 6 rings (SSSR count). The maximum absolute atomic E-state index is 14.5. The van der Waals surface area contributed by atoms with Gasteiger partial charge in [-0.05, 0) is 78.8 Å². The Morgan fingerprint density at radius 2 is 1.70 bits per heavy atom. The number of hydrogen-bond donors (Lipinski definition) is 3. The smallest absolute Gasteiger partial charge is 0.248 e. The lowest BCUT2D eigenvalue weighted by molar-refractivity contribution is -0.141. The first-order valence-electron chi connectivity index (χ1n) is 15.6. The van der Waals surface area contributed by atoms with Crippen LogP contribution in [0, 0.1) is 23.7 Å². The molecule has 2 bridgehead atoms. The molecule has 44 heavy (non-hydrogen) atoms. The molecule has 7 atom stereocenters. The van der Waals surface area contributed by atoms with E-state index in [9.17, 15) is 19.5 Å². The molecule has 0 aliphatic carbocycles. The van der Waals surface area contributed by atoms with Crippen LogP contribution in [0.4, 0.5) is 11.4 Å². The number of nitrogens with one attached hydrogen (secondary N) is 2. The first-order valence-corrected chi connectivity index (χ1v) is 16.5. The summed E-state index contributed by atoms with van der Waals surface area (Å²) in [6.07, 6.45) is 1.29. The number of rotatable bonds is 10. The normalized spacial score (nSPS) is 27.9. The predicted octanol–water partition coefficient (Wildman–Crippen LogP) is 5.56. The number of aliphatic hydroxyl groups is 1. The van der Waals surface area contributed by atoms with Crippen LogP contribution in [0.2, 0.25) is 0 Å². The van der Waals surface area contributed by atoms with E-state index in [0.29, 0.717) is 24.4 Å². The van der Waals surface area contributed by atoms with Gasteiger partial charge in [0.2, 0.25) is 17.7 Å². The van der Waals surface area contributed by atoms with E-state index in [4.69, 9.17) is 4.74 Å². The van der Waals surface area contributed by atoms with Crippen molar-refractivity contribution in [1.82, 2.24) is 4.90 Å². The minimum atomic E-state index is -0.823. The van der Waals surface area contributed by atoms with Crippen LogP contribution in [-0.4, -0.2) is 63.0 Å². The molecule has 3 aromatic rings. The average molecular weight is 616 g/mol. The number of hydrogen-bond acceptors (Lipinski definition) is 6. The molecule has 9 heteroatoms. The van der Waals surface area contributed by atoms with Crippen molar-refractivity contribution in [2.45, 2.75) is 62.6 Å². The molecular formula is C35H41N3O5S. The van der Waals surface area contributed by atoms with Crippen molar-refractivity contribution in [3.8, 4) is 5.75 Å². The molecule has 0 saturated carbocycles. The fraction of sp³-hybridized carbons (Fsp3) is 0.457. The zero-order valence-corrected chi connectivity index (χ0v) is 26.5. The predicted molar refractivity (Wildman–Crippen MR) is 175 cm³/mol.